The van der Waals surface area contributed by atoms with Gasteiger partial charge in [-0.2, -0.15) is 0 Å². The van der Waals surface area contributed by atoms with E-state index in [-0.39, 0.29) is 12.0 Å². The Balaban J connectivity index is 1.85. The van der Waals surface area contributed by atoms with Crippen LogP contribution in [0.3, 0.4) is 0 Å². The summed E-state index contributed by atoms with van der Waals surface area (Å²) in [5, 5.41) is 0. The molecule has 0 radical (unpaired) electrons. The molecule has 4 nitrogen and oxygen atoms in total. The molecule has 1 saturated heterocycles. The predicted octanol–water partition coefficient (Wildman–Crippen LogP) is 3.30. The molecule has 0 unspecified atom stereocenters. The number of likely N-dealkylation sites (N-methyl/N-ethyl adjacent to an activating group) is 1. The van der Waals surface area contributed by atoms with Gasteiger partial charge in [0.25, 0.3) is 10.0 Å². The zero-order chi connectivity index (χ0) is 17.8. The highest BCUT2D eigenvalue weighted by Gasteiger charge is 2.46. The van der Waals surface area contributed by atoms with Crippen LogP contribution >= 0.6 is 0 Å². The summed E-state index contributed by atoms with van der Waals surface area (Å²) in [6, 6.07) is 13.3. The summed E-state index contributed by atoms with van der Waals surface area (Å²) >= 11 is 0. The zero-order valence-electron chi connectivity index (χ0n) is 14.9. The van der Waals surface area contributed by atoms with Crippen molar-refractivity contribution in [3.63, 3.8) is 0 Å². The molecule has 2 heterocycles. The molecule has 0 N–H and O–H groups in total. The summed E-state index contributed by atoms with van der Waals surface area (Å²) in [6.45, 7) is 5.87. The lowest BCUT2D eigenvalue weighted by Gasteiger charge is -2.36. The summed E-state index contributed by atoms with van der Waals surface area (Å²) in [7, 11) is -1.44. The number of fused-ring (bicyclic) bond motifs is 3. The molecule has 0 aliphatic carbocycles. The maximum absolute atomic E-state index is 13.4. The monoisotopic (exact) mass is 356 g/mol. The van der Waals surface area contributed by atoms with Crippen molar-refractivity contribution in [1.82, 2.24) is 4.90 Å². The third-order valence-corrected chi connectivity index (χ3v) is 7.33. The van der Waals surface area contributed by atoms with Crippen molar-refractivity contribution in [2.24, 2.45) is 0 Å². The molecule has 2 aliphatic heterocycles. The molecule has 2 aromatic rings. The van der Waals surface area contributed by atoms with E-state index in [9.17, 15) is 8.42 Å². The average molecular weight is 356 g/mol. The average Bonchev–Trinajstić information content (AvgIpc) is 2.89. The summed E-state index contributed by atoms with van der Waals surface area (Å²) in [4.78, 5) is 2.68. The van der Waals surface area contributed by atoms with Crippen LogP contribution in [0.15, 0.2) is 47.4 Å². The minimum absolute atomic E-state index is 0.0132. The third kappa shape index (κ3) is 2.66. The first-order valence-corrected chi connectivity index (χ1v) is 10.2. The van der Waals surface area contributed by atoms with E-state index >= 15 is 0 Å². The van der Waals surface area contributed by atoms with Gasteiger partial charge in [-0.25, -0.2) is 8.42 Å². The van der Waals surface area contributed by atoms with E-state index in [0.29, 0.717) is 4.90 Å². The first-order valence-electron chi connectivity index (χ1n) is 8.78. The maximum atomic E-state index is 13.4. The van der Waals surface area contributed by atoms with Gasteiger partial charge in [-0.15, -0.1) is 0 Å². The number of hydrogen-bond acceptors (Lipinski definition) is 3. The fourth-order valence-electron chi connectivity index (χ4n) is 4.17. The highest BCUT2D eigenvalue weighted by atomic mass is 32.2. The van der Waals surface area contributed by atoms with Crippen molar-refractivity contribution < 1.29 is 8.42 Å². The van der Waals surface area contributed by atoms with Crippen molar-refractivity contribution in [2.45, 2.75) is 37.1 Å². The van der Waals surface area contributed by atoms with Crippen LogP contribution in [0.5, 0.6) is 0 Å². The van der Waals surface area contributed by atoms with Gasteiger partial charge in [-0.05, 0) is 57.6 Å². The number of rotatable bonds is 2. The van der Waals surface area contributed by atoms with Gasteiger partial charge in [0.2, 0.25) is 0 Å². The van der Waals surface area contributed by atoms with E-state index in [1.54, 1.807) is 16.4 Å². The third-order valence-electron chi connectivity index (χ3n) is 5.48. The predicted molar refractivity (Wildman–Crippen MR) is 101 cm³/mol. The van der Waals surface area contributed by atoms with E-state index < -0.39 is 10.0 Å². The van der Waals surface area contributed by atoms with Crippen molar-refractivity contribution in [3.8, 4) is 0 Å². The van der Waals surface area contributed by atoms with Crippen LogP contribution in [0.25, 0.3) is 0 Å². The molecule has 0 saturated carbocycles. The van der Waals surface area contributed by atoms with Crippen LogP contribution in [-0.2, 0) is 10.0 Å². The summed E-state index contributed by atoms with van der Waals surface area (Å²) < 4.78 is 28.6. The molecule has 0 amide bonds. The first kappa shape index (κ1) is 16.6. The lowest BCUT2D eigenvalue weighted by atomic mass is 9.89. The highest BCUT2D eigenvalue weighted by molar-refractivity contribution is 7.92. The van der Waals surface area contributed by atoms with Gasteiger partial charge in [0.15, 0.2) is 0 Å². The number of piperidine rings is 1. The number of anilines is 1. The van der Waals surface area contributed by atoms with Gasteiger partial charge in [0.05, 0.1) is 16.6 Å². The second-order valence-corrected chi connectivity index (χ2v) is 9.22. The molecular weight excluding hydrogens is 332 g/mol. The number of sulfonamides is 1. The summed E-state index contributed by atoms with van der Waals surface area (Å²) in [6.07, 6.45) is 0.861. The van der Waals surface area contributed by atoms with Gasteiger partial charge >= 0.3 is 0 Å². The summed E-state index contributed by atoms with van der Waals surface area (Å²) in [5.74, 6) is 0.244. The van der Waals surface area contributed by atoms with Gasteiger partial charge in [-0.3, -0.25) is 4.31 Å². The largest absolute Gasteiger partial charge is 0.306 e. The zero-order valence-corrected chi connectivity index (χ0v) is 15.8. The number of likely N-dealkylation sites (tertiary alicyclic amines) is 1. The molecule has 25 heavy (non-hydrogen) atoms. The Hall–Kier alpha value is -1.85. The van der Waals surface area contributed by atoms with Crippen molar-refractivity contribution in [2.75, 3.05) is 24.4 Å². The van der Waals surface area contributed by atoms with Crippen LogP contribution in [-0.4, -0.2) is 39.5 Å². The lowest BCUT2D eigenvalue weighted by Crippen LogP contribution is -2.47. The molecule has 2 aromatic carbocycles. The molecule has 0 aromatic heterocycles. The molecule has 5 heteroatoms. The van der Waals surface area contributed by atoms with E-state index in [1.807, 2.05) is 31.2 Å². The quantitative estimate of drug-likeness (QED) is 0.829. The van der Waals surface area contributed by atoms with E-state index in [0.717, 1.165) is 30.8 Å². The number of hydrogen-bond donors (Lipinski definition) is 0. The topological polar surface area (TPSA) is 40.6 Å². The molecule has 2 aliphatic rings. The van der Waals surface area contributed by atoms with Crippen molar-refractivity contribution in [3.05, 3.63) is 59.2 Å². The van der Waals surface area contributed by atoms with Crippen molar-refractivity contribution >= 4 is 15.7 Å². The molecule has 4 rings (SSSR count). The van der Waals surface area contributed by atoms with Crippen LogP contribution in [0.1, 0.15) is 29.0 Å². The molecule has 132 valence electrons. The Morgan fingerprint density at radius 1 is 1.00 bits per heavy atom. The molecule has 2 atom stereocenters. The first-order chi connectivity index (χ1) is 11.9. The van der Waals surface area contributed by atoms with Gasteiger partial charge in [-0.1, -0.05) is 35.4 Å². The van der Waals surface area contributed by atoms with Gasteiger partial charge in [0.1, 0.15) is 0 Å². The fraction of sp³-hybridized carbons (Fsp3) is 0.400. The van der Waals surface area contributed by atoms with Gasteiger partial charge in [0, 0.05) is 12.5 Å². The lowest BCUT2D eigenvalue weighted by molar-refractivity contribution is 0.237. The molecular formula is C20H24N2O2S. The highest BCUT2D eigenvalue weighted by Crippen LogP contribution is 2.47. The Morgan fingerprint density at radius 2 is 1.68 bits per heavy atom. The Labute approximate surface area is 150 Å². The van der Waals surface area contributed by atoms with Crippen LogP contribution < -0.4 is 4.31 Å². The Kier molecular flexibility index (Phi) is 3.89. The van der Waals surface area contributed by atoms with E-state index in [4.69, 9.17) is 0 Å². The maximum Gasteiger partial charge on any atom is 0.264 e. The molecule has 1 fully saturated rings. The number of aryl methyl sites for hydroxylation is 2. The SMILES string of the molecule is Cc1ccc(S(=O)(=O)N2c3ccc(C)cc3[C@@H]3CN(C)CC[C@H]32)cc1. The van der Waals surface area contributed by atoms with Crippen LogP contribution in [0.4, 0.5) is 5.69 Å². The molecule has 0 bridgehead atoms. The number of nitrogens with zero attached hydrogens (tertiary/aromatic N) is 2. The molecule has 0 spiro atoms. The normalized spacial score (nSPS) is 23.4. The van der Waals surface area contributed by atoms with E-state index in [2.05, 4.69) is 24.9 Å². The van der Waals surface area contributed by atoms with Crippen LogP contribution in [0, 0.1) is 13.8 Å². The van der Waals surface area contributed by atoms with E-state index in [1.165, 1.54) is 11.1 Å². The minimum Gasteiger partial charge on any atom is -0.306 e. The standard InChI is InChI=1S/C20H24N2O2S/c1-14-4-7-16(8-5-14)25(23,24)22-19-9-6-15(2)12-17(19)18-13-21(3)11-10-20(18)22/h4-9,12,18,20H,10-11,13H2,1-3H3/t18-,20+/m0/s1. The smallest absolute Gasteiger partial charge is 0.264 e. The Morgan fingerprint density at radius 3 is 2.40 bits per heavy atom. The Bertz CT molecular complexity index is 906. The van der Waals surface area contributed by atoms with Crippen LogP contribution in [0.2, 0.25) is 0 Å². The van der Waals surface area contributed by atoms with Crippen molar-refractivity contribution in [1.29, 1.82) is 0 Å². The van der Waals surface area contributed by atoms with Gasteiger partial charge < -0.3 is 4.90 Å². The second-order valence-electron chi connectivity index (χ2n) is 7.40. The second kappa shape index (κ2) is 5.85. The summed E-state index contributed by atoms with van der Waals surface area (Å²) in [5.41, 5.74) is 4.28. The minimum atomic E-state index is -3.55. The fourth-order valence-corrected chi connectivity index (χ4v) is 5.91. The number of benzene rings is 2.